The molecular weight excluding hydrogens is 356 g/mol. The number of pyridine rings is 1. The van der Waals surface area contributed by atoms with Crippen LogP contribution in [0.15, 0.2) is 0 Å². The molecule has 0 saturated carbocycles. The molecule has 3 nitrogen and oxygen atoms in total. The quantitative estimate of drug-likeness (QED) is 0.490. The Morgan fingerprint density at radius 1 is 0.952 bits per heavy atom. The number of nitrogens with zero attached hydrogens (tertiary/aromatic N) is 1. The van der Waals surface area contributed by atoms with Crippen LogP contribution in [0.1, 0.15) is 31.0 Å². The van der Waals surface area contributed by atoms with Gasteiger partial charge in [-0.25, -0.2) is 13.8 Å². The summed E-state index contributed by atoms with van der Waals surface area (Å²) in [6.45, 7) is 2.00. The van der Waals surface area contributed by atoms with Crippen LogP contribution in [0, 0.1) is 17.6 Å². The van der Waals surface area contributed by atoms with Gasteiger partial charge in [-0.2, -0.15) is 17.6 Å². The summed E-state index contributed by atoms with van der Waals surface area (Å²) >= 11 is 0. The number of alkyl halides is 3. The van der Waals surface area contributed by atoms with Gasteiger partial charge < -0.3 is 10.2 Å². The Kier molecular flexibility index (Phi) is 6.68. The van der Waals surface area contributed by atoms with Gasteiger partial charge in [0.25, 0.3) is 0 Å². The third-order valence-corrected chi connectivity index (χ3v) is 2.71. The van der Waals surface area contributed by atoms with Crippen molar-refractivity contribution < 1.29 is 53.6 Å². The second-order valence-electron chi connectivity index (χ2n) is 4.30. The fourth-order valence-electron chi connectivity index (χ4n) is 1.90. The predicted octanol–water partition coefficient (Wildman–Crippen LogP) is 2.36. The molecule has 0 aromatic carbocycles. The van der Waals surface area contributed by atoms with Crippen molar-refractivity contribution in [3.05, 3.63) is 28.8 Å². The molecule has 1 rings (SSSR count). The average Bonchev–Trinajstić information content (AvgIpc) is 2.26. The van der Waals surface area contributed by atoms with E-state index in [9.17, 15) is 36.6 Å². The molecule has 1 heterocycles. The molecule has 0 aliphatic heterocycles. The smallest absolute Gasteiger partial charge is 0.393 e. The van der Waals surface area contributed by atoms with Gasteiger partial charge in [0.05, 0.1) is 12.2 Å². The minimum Gasteiger partial charge on any atom is -0.393 e. The van der Waals surface area contributed by atoms with Crippen molar-refractivity contribution in [2.45, 2.75) is 38.1 Å². The van der Waals surface area contributed by atoms with Crippen LogP contribution in [0.2, 0.25) is 0 Å². The predicted molar refractivity (Wildman–Crippen MR) is 55.2 cm³/mol. The number of hydrogen-bond acceptors (Lipinski definition) is 3. The number of rotatable bonds is 3. The van der Waals surface area contributed by atoms with E-state index in [1.807, 2.05) is 0 Å². The normalized spacial score (nSPS) is 16.1. The number of aliphatic hydroxyl groups is 2. The Bertz CT molecular complexity index is 498. The zero-order valence-electron chi connectivity index (χ0n) is 10.6. The van der Waals surface area contributed by atoms with Crippen molar-refractivity contribution in [2.75, 3.05) is 0 Å². The number of halogens is 6. The van der Waals surface area contributed by atoms with Crippen molar-refractivity contribution in [1.29, 1.82) is 0 Å². The van der Waals surface area contributed by atoms with Gasteiger partial charge in [-0.3, -0.25) is 0 Å². The Morgan fingerprint density at radius 2 is 1.38 bits per heavy atom. The molecule has 0 spiro atoms. The number of hydrogen-bond donors (Lipinski definition) is 2. The zero-order chi connectivity index (χ0) is 15.8. The first-order valence-electron chi connectivity index (χ1n) is 5.46. The van der Waals surface area contributed by atoms with Crippen LogP contribution in [0.3, 0.4) is 0 Å². The second kappa shape index (κ2) is 6.95. The van der Waals surface area contributed by atoms with E-state index in [2.05, 4.69) is 4.98 Å². The van der Waals surface area contributed by atoms with Crippen LogP contribution in [0.4, 0.5) is 26.3 Å². The van der Waals surface area contributed by atoms with Crippen LogP contribution in [-0.2, 0) is 23.2 Å². The molecule has 2 atom stereocenters. The third kappa shape index (κ3) is 4.09. The maximum Gasteiger partial charge on any atom is 0.436 e. The molecule has 0 fully saturated rings. The molecule has 0 aliphatic rings. The zero-order valence-corrected chi connectivity index (χ0v) is 11.6. The number of aliphatic hydroxyl groups excluding tert-OH is 2. The van der Waals surface area contributed by atoms with Crippen LogP contribution in [0.5, 0.6) is 0 Å². The summed E-state index contributed by atoms with van der Waals surface area (Å²) < 4.78 is 77.9. The van der Waals surface area contributed by atoms with Gasteiger partial charge in [0.15, 0.2) is 17.3 Å². The molecule has 0 aliphatic carbocycles. The summed E-state index contributed by atoms with van der Waals surface area (Å²) in [4.78, 5) is 2.20. The van der Waals surface area contributed by atoms with E-state index in [1.165, 1.54) is 0 Å². The topological polar surface area (TPSA) is 53.4 Å². The Labute approximate surface area is 126 Å². The van der Waals surface area contributed by atoms with Gasteiger partial charge >= 0.3 is 6.18 Å². The molecule has 0 amide bonds. The minimum absolute atomic E-state index is 0. The average molecular weight is 367 g/mol. The number of aromatic nitrogens is 1. The van der Waals surface area contributed by atoms with Gasteiger partial charge in [-0.15, -0.1) is 0 Å². The summed E-state index contributed by atoms with van der Waals surface area (Å²) in [5.74, 6) is -8.04. The van der Waals surface area contributed by atoms with E-state index < -0.39 is 53.1 Å². The van der Waals surface area contributed by atoms with Crippen LogP contribution >= 0.6 is 0 Å². The van der Waals surface area contributed by atoms with Crippen molar-refractivity contribution >= 4 is 0 Å². The first-order valence-corrected chi connectivity index (χ1v) is 5.46. The first kappa shape index (κ1) is 20.2. The Balaban J connectivity index is 0.00000400. The first-order chi connectivity index (χ1) is 8.98. The van der Waals surface area contributed by atoms with Gasteiger partial charge in [0.2, 0.25) is 5.95 Å². The largest absolute Gasteiger partial charge is 0.436 e. The Morgan fingerprint density at radius 3 is 1.71 bits per heavy atom. The molecule has 2 N–H and O–H groups in total. The minimum atomic E-state index is -5.34. The van der Waals surface area contributed by atoms with E-state index in [4.69, 9.17) is 0 Å². The molecule has 1 radical (unpaired) electrons. The van der Waals surface area contributed by atoms with Crippen molar-refractivity contribution in [3.63, 3.8) is 0 Å². The maximum absolute atomic E-state index is 13.8. The van der Waals surface area contributed by atoms with Crippen molar-refractivity contribution in [2.24, 2.45) is 0 Å². The monoisotopic (exact) mass is 366 g/mol. The van der Waals surface area contributed by atoms with Gasteiger partial charge in [0.1, 0.15) is 0 Å². The molecular formula is C11H11CuF6NO2. The summed E-state index contributed by atoms with van der Waals surface area (Å²) in [5, 5.41) is 18.7. The third-order valence-electron chi connectivity index (χ3n) is 2.71. The summed E-state index contributed by atoms with van der Waals surface area (Å²) in [7, 11) is 0. The summed E-state index contributed by atoms with van der Waals surface area (Å²) in [6, 6.07) is 0. The molecule has 1 aromatic rings. The van der Waals surface area contributed by atoms with Gasteiger partial charge in [-0.05, 0) is 13.8 Å². The fraction of sp³-hybridized carbons (Fsp3) is 0.545. The van der Waals surface area contributed by atoms with E-state index in [1.54, 1.807) is 0 Å². The molecule has 125 valence electrons. The Hall–Kier alpha value is -0.831. The van der Waals surface area contributed by atoms with Crippen molar-refractivity contribution in [1.82, 2.24) is 4.98 Å². The molecule has 1 aromatic heterocycles. The summed E-state index contributed by atoms with van der Waals surface area (Å²) in [5.41, 5.74) is -3.62. The summed E-state index contributed by atoms with van der Waals surface area (Å²) in [6.07, 6.45) is -8.56. The van der Waals surface area contributed by atoms with Gasteiger partial charge in [-0.1, -0.05) is 0 Å². The second-order valence-corrected chi connectivity index (χ2v) is 4.30. The van der Waals surface area contributed by atoms with E-state index in [-0.39, 0.29) is 17.1 Å². The van der Waals surface area contributed by atoms with Crippen LogP contribution < -0.4 is 0 Å². The molecule has 0 bridgehead atoms. The van der Waals surface area contributed by atoms with Crippen molar-refractivity contribution in [3.8, 4) is 0 Å². The van der Waals surface area contributed by atoms with Crippen LogP contribution in [0.25, 0.3) is 0 Å². The van der Waals surface area contributed by atoms with Gasteiger partial charge in [0, 0.05) is 28.6 Å². The van der Waals surface area contributed by atoms with E-state index in [0.29, 0.717) is 0 Å². The molecule has 21 heavy (non-hydrogen) atoms. The van der Waals surface area contributed by atoms with Crippen LogP contribution in [-0.4, -0.2) is 27.4 Å². The van der Waals surface area contributed by atoms with E-state index >= 15 is 0 Å². The SMILES string of the molecule is CC(O)C(c1c(F)c(F)nc(C(F)(F)F)c1F)C(C)O.[Cu]. The molecule has 2 unspecified atom stereocenters. The molecule has 10 heteroatoms. The van der Waals surface area contributed by atoms with E-state index in [0.717, 1.165) is 13.8 Å². The standard InChI is InChI=1S/C11H11F6NO2.Cu/c1-3(19)5(4(2)20)6-7(12)9(11(15,16)17)18-10(14)8(6)13;/h3-5,19-20H,1-2H3;. The molecule has 0 saturated heterocycles. The fourth-order valence-corrected chi connectivity index (χ4v) is 1.90. The maximum atomic E-state index is 13.8.